The molecule has 0 fully saturated rings. The lowest BCUT2D eigenvalue weighted by Crippen LogP contribution is -1.93. The van der Waals surface area contributed by atoms with Gasteiger partial charge in [0.15, 0.2) is 0 Å². The second-order valence-corrected chi connectivity index (χ2v) is 2.67. The van der Waals surface area contributed by atoms with Crippen molar-refractivity contribution >= 4 is 0 Å². The first-order valence-corrected chi connectivity index (χ1v) is 4.07. The SMILES string of the molecule is CCC([O])c1cccc(OC)c1. The van der Waals surface area contributed by atoms with Gasteiger partial charge in [-0.1, -0.05) is 19.1 Å². The number of ether oxygens (including phenoxy) is 1. The topological polar surface area (TPSA) is 29.1 Å². The summed E-state index contributed by atoms with van der Waals surface area (Å²) in [5.74, 6) is 0.752. The van der Waals surface area contributed by atoms with Gasteiger partial charge in [0.2, 0.25) is 0 Å². The third-order valence-corrected chi connectivity index (χ3v) is 1.84. The van der Waals surface area contributed by atoms with E-state index in [9.17, 15) is 5.11 Å². The van der Waals surface area contributed by atoms with Gasteiger partial charge in [0.25, 0.3) is 0 Å². The highest BCUT2D eigenvalue weighted by Gasteiger charge is 2.06. The monoisotopic (exact) mass is 165 g/mol. The predicted octanol–water partition coefficient (Wildman–Crippen LogP) is 2.58. The standard InChI is InChI=1S/C10H13O2/c1-3-10(11)8-5-4-6-9(7-8)12-2/h4-7,10H,3H2,1-2H3. The third kappa shape index (κ3) is 1.98. The molecule has 0 bridgehead atoms. The molecule has 2 heteroatoms. The summed E-state index contributed by atoms with van der Waals surface area (Å²) in [6.45, 7) is 1.89. The largest absolute Gasteiger partial charge is 0.497 e. The van der Waals surface area contributed by atoms with Crippen molar-refractivity contribution in [3.8, 4) is 5.75 Å². The fourth-order valence-electron chi connectivity index (χ4n) is 1.08. The van der Waals surface area contributed by atoms with Gasteiger partial charge in [0, 0.05) is 0 Å². The van der Waals surface area contributed by atoms with Crippen molar-refractivity contribution in [2.24, 2.45) is 0 Å². The summed E-state index contributed by atoms with van der Waals surface area (Å²) in [5, 5.41) is 11.3. The molecule has 2 nitrogen and oxygen atoms in total. The summed E-state index contributed by atoms with van der Waals surface area (Å²) >= 11 is 0. The molecule has 12 heavy (non-hydrogen) atoms. The van der Waals surface area contributed by atoms with E-state index in [0.717, 1.165) is 11.3 Å². The third-order valence-electron chi connectivity index (χ3n) is 1.84. The lowest BCUT2D eigenvalue weighted by atomic mass is 10.1. The second-order valence-electron chi connectivity index (χ2n) is 2.67. The summed E-state index contributed by atoms with van der Waals surface area (Å²) in [7, 11) is 1.60. The van der Waals surface area contributed by atoms with Crippen LogP contribution in [0.25, 0.3) is 0 Å². The lowest BCUT2D eigenvalue weighted by Gasteiger charge is -2.06. The molecule has 0 aliphatic heterocycles. The van der Waals surface area contributed by atoms with Crippen molar-refractivity contribution in [1.29, 1.82) is 0 Å². The van der Waals surface area contributed by atoms with E-state index < -0.39 is 6.10 Å². The van der Waals surface area contributed by atoms with Crippen LogP contribution in [0.2, 0.25) is 0 Å². The van der Waals surface area contributed by atoms with Crippen LogP contribution in [0.3, 0.4) is 0 Å². The summed E-state index contributed by atoms with van der Waals surface area (Å²) < 4.78 is 5.01. The number of methoxy groups -OCH3 is 1. The minimum atomic E-state index is -0.625. The van der Waals surface area contributed by atoms with Gasteiger partial charge in [-0.05, 0) is 24.1 Å². The van der Waals surface area contributed by atoms with Gasteiger partial charge in [0.05, 0.1) is 7.11 Å². The maximum Gasteiger partial charge on any atom is 0.119 e. The fourth-order valence-corrected chi connectivity index (χ4v) is 1.08. The lowest BCUT2D eigenvalue weighted by molar-refractivity contribution is 0.0855. The number of hydrogen-bond acceptors (Lipinski definition) is 1. The van der Waals surface area contributed by atoms with E-state index in [-0.39, 0.29) is 0 Å². The van der Waals surface area contributed by atoms with Gasteiger partial charge in [0.1, 0.15) is 11.9 Å². The zero-order valence-corrected chi connectivity index (χ0v) is 7.41. The molecule has 65 valence electrons. The molecule has 0 saturated carbocycles. The van der Waals surface area contributed by atoms with Crippen molar-refractivity contribution in [2.75, 3.05) is 7.11 Å². The molecule has 1 radical (unpaired) electrons. The van der Waals surface area contributed by atoms with E-state index in [1.807, 2.05) is 25.1 Å². The molecule has 1 atom stereocenters. The van der Waals surface area contributed by atoms with E-state index in [1.54, 1.807) is 13.2 Å². The smallest absolute Gasteiger partial charge is 0.119 e. The van der Waals surface area contributed by atoms with Crippen LogP contribution in [0, 0.1) is 0 Å². The zero-order valence-electron chi connectivity index (χ0n) is 7.41. The van der Waals surface area contributed by atoms with Crippen LogP contribution in [0.1, 0.15) is 25.0 Å². The first-order valence-electron chi connectivity index (χ1n) is 4.07. The van der Waals surface area contributed by atoms with Crippen molar-refractivity contribution in [1.82, 2.24) is 0 Å². The Kier molecular flexibility index (Phi) is 3.11. The van der Waals surface area contributed by atoms with E-state index >= 15 is 0 Å². The van der Waals surface area contributed by atoms with Crippen LogP contribution < -0.4 is 4.74 Å². The minimum absolute atomic E-state index is 0.618. The van der Waals surface area contributed by atoms with Gasteiger partial charge in [-0.2, -0.15) is 0 Å². The average Bonchev–Trinajstić information content (AvgIpc) is 2.17. The van der Waals surface area contributed by atoms with Gasteiger partial charge in [-0.3, -0.25) is 0 Å². The molecule has 0 amide bonds. The van der Waals surface area contributed by atoms with Gasteiger partial charge in [-0.15, -0.1) is 0 Å². The predicted molar refractivity (Wildman–Crippen MR) is 46.7 cm³/mol. The molecule has 0 N–H and O–H groups in total. The summed E-state index contributed by atoms with van der Waals surface area (Å²) in [4.78, 5) is 0. The molecule has 0 aliphatic rings. The Hall–Kier alpha value is -1.02. The van der Waals surface area contributed by atoms with Crippen LogP contribution in [-0.4, -0.2) is 7.11 Å². The quantitative estimate of drug-likeness (QED) is 0.676. The maximum absolute atomic E-state index is 11.3. The summed E-state index contributed by atoms with van der Waals surface area (Å²) in [5.41, 5.74) is 0.803. The fraction of sp³-hybridized carbons (Fsp3) is 0.400. The summed E-state index contributed by atoms with van der Waals surface area (Å²) in [6, 6.07) is 7.31. The van der Waals surface area contributed by atoms with E-state index in [2.05, 4.69) is 0 Å². The minimum Gasteiger partial charge on any atom is -0.497 e. The Morgan fingerprint density at radius 1 is 1.50 bits per heavy atom. The normalized spacial score (nSPS) is 12.6. The molecule has 0 aromatic heterocycles. The molecule has 0 heterocycles. The maximum atomic E-state index is 11.3. The second kappa shape index (κ2) is 4.12. The first-order chi connectivity index (χ1) is 5.77. The Balaban J connectivity index is 2.86. The first kappa shape index (κ1) is 9.07. The number of hydrogen-bond donors (Lipinski definition) is 0. The van der Waals surface area contributed by atoms with Crippen molar-refractivity contribution in [3.63, 3.8) is 0 Å². The van der Waals surface area contributed by atoms with Crippen LogP contribution in [0.15, 0.2) is 24.3 Å². The molecular weight excluding hydrogens is 152 g/mol. The van der Waals surface area contributed by atoms with Gasteiger partial charge >= 0.3 is 0 Å². The van der Waals surface area contributed by atoms with Crippen LogP contribution >= 0.6 is 0 Å². The molecule has 1 rings (SSSR count). The molecule has 1 aromatic rings. The average molecular weight is 165 g/mol. The Morgan fingerprint density at radius 3 is 2.83 bits per heavy atom. The van der Waals surface area contributed by atoms with Crippen molar-refractivity contribution < 1.29 is 9.84 Å². The Labute approximate surface area is 72.8 Å². The number of rotatable bonds is 3. The molecular formula is C10H13O2. The molecule has 0 saturated heterocycles. The highest BCUT2D eigenvalue weighted by atomic mass is 16.5. The zero-order chi connectivity index (χ0) is 8.97. The van der Waals surface area contributed by atoms with Crippen molar-refractivity contribution in [3.05, 3.63) is 29.8 Å². The molecule has 1 aromatic carbocycles. The van der Waals surface area contributed by atoms with E-state index in [1.165, 1.54) is 0 Å². The van der Waals surface area contributed by atoms with E-state index in [4.69, 9.17) is 4.74 Å². The van der Waals surface area contributed by atoms with Crippen LogP contribution in [0.5, 0.6) is 5.75 Å². The highest BCUT2D eigenvalue weighted by molar-refractivity contribution is 5.29. The highest BCUT2D eigenvalue weighted by Crippen LogP contribution is 2.21. The van der Waals surface area contributed by atoms with Crippen LogP contribution in [-0.2, 0) is 5.11 Å². The summed E-state index contributed by atoms with van der Waals surface area (Å²) in [6.07, 6.45) is -0.00669. The Bertz CT molecular complexity index is 245. The molecule has 0 aliphatic carbocycles. The van der Waals surface area contributed by atoms with Crippen molar-refractivity contribution in [2.45, 2.75) is 19.4 Å². The Morgan fingerprint density at radius 2 is 2.25 bits per heavy atom. The van der Waals surface area contributed by atoms with Crippen LogP contribution in [0.4, 0.5) is 0 Å². The van der Waals surface area contributed by atoms with E-state index in [0.29, 0.717) is 6.42 Å². The molecule has 0 spiro atoms. The van der Waals surface area contributed by atoms with Gasteiger partial charge in [-0.25, -0.2) is 5.11 Å². The molecule has 1 unspecified atom stereocenters. The number of benzene rings is 1. The van der Waals surface area contributed by atoms with Gasteiger partial charge < -0.3 is 4.74 Å².